The van der Waals surface area contributed by atoms with Gasteiger partial charge in [-0.05, 0) is 66.2 Å². The van der Waals surface area contributed by atoms with Gasteiger partial charge < -0.3 is 10.0 Å². The molecule has 4 nitrogen and oxygen atoms in total. The second-order valence-electron chi connectivity index (χ2n) is 11.9. The molecule has 1 atom stereocenters. The van der Waals surface area contributed by atoms with Gasteiger partial charge in [0.1, 0.15) is 5.60 Å². The topological polar surface area (TPSA) is 30.0 Å². The van der Waals surface area contributed by atoms with E-state index in [4.69, 9.17) is 11.6 Å². The SMILES string of the molecule is OC(c1ccccc1)(c1ccccc1)C1CCN(CCN2CCN(C(c3ccccc3)c3ccc(Cl)cc3)CC2)CC1. The highest BCUT2D eigenvalue weighted by Gasteiger charge is 2.41. The van der Waals surface area contributed by atoms with Gasteiger partial charge in [0, 0.05) is 44.3 Å². The molecule has 0 aliphatic carbocycles. The van der Waals surface area contributed by atoms with Crippen LogP contribution in [0.2, 0.25) is 5.02 Å². The average Bonchev–Trinajstić information content (AvgIpc) is 3.06. The maximum absolute atomic E-state index is 12.2. The molecule has 1 unspecified atom stereocenters. The molecule has 0 bridgehead atoms. The summed E-state index contributed by atoms with van der Waals surface area (Å²) in [6.07, 6.45) is 1.99. The van der Waals surface area contributed by atoms with E-state index in [0.717, 1.165) is 81.3 Å². The summed E-state index contributed by atoms with van der Waals surface area (Å²) in [6.45, 7) is 8.48. The number of rotatable bonds is 9. The van der Waals surface area contributed by atoms with Crippen molar-refractivity contribution >= 4 is 11.6 Å². The van der Waals surface area contributed by atoms with E-state index in [1.807, 2.05) is 48.5 Å². The van der Waals surface area contributed by atoms with Gasteiger partial charge in [0.05, 0.1) is 6.04 Å². The number of likely N-dealkylation sites (tertiary alicyclic amines) is 1. The molecule has 218 valence electrons. The number of halogens is 1. The Bertz CT molecular complexity index is 1330. The third-order valence-corrected chi connectivity index (χ3v) is 9.66. The Hall–Kier alpha value is -2.99. The van der Waals surface area contributed by atoms with Gasteiger partial charge in [-0.1, -0.05) is 115 Å². The summed E-state index contributed by atoms with van der Waals surface area (Å²) in [4.78, 5) is 7.84. The van der Waals surface area contributed by atoms with Gasteiger partial charge in [-0.25, -0.2) is 0 Å². The quantitative estimate of drug-likeness (QED) is 0.239. The fraction of sp³-hybridized carbons (Fsp3) is 0.351. The van der Waals surface area contributed by atoms with E-state index in [1.54, 1.807) is 0 Å². The van der Waals surface area contributed by atoms with Crippen LogP contribution in [-0.4, -0.2) is 72.2 Å². The van der Waals surface area contributed by atoms with E-state index in [-0.39, 0.29) is 12.0 Å². The second kappa shape index (κ2) is 13.5. The summed E-state index contributed by atoms with van der Waals surface area (Å²) in [5, 5.41) is 13.0. The fourth-order valence-corrected chi connectivity index (χ4v) is 7.15. The van der Waals surface area contributed by atoms with Gasteiger partial charge in [0.2, 0.25) is 0 Å². The average molecular weight is 580 g/mol. The van der Waals surface area contributed by atoms with Crippen LogP contribution in [-0.2, 0) is 5.60 Å². The van der Waals surface area contributed by atoms with E-state index < -0.39 is 5.60 Å². The van der Waals surface area contributed by atoms with Crippen LogP contribution in [0.4, 0.5) is 0 Å². The van der Waals surface area contributed by atoms with Gasteiger partial charge in [0.15, 0.2) is 0 Å². The van der Waals surface area contributed by atoms with Gasteiger partial charge in [0.25, 0.3) is 0 Å². The minimum Gasteiger partial charge on any atom is -0.380 e. The van der Waals surface area contributed by atoms with Crippen molar-refractivity contribution in [3.05, 3.63) is 143 Å². The molecule has 1 N–H and O–H groups in total. The summed E-state index contributed by atoms with van der Waals surface area (Å²) in [6, 6.07) is 40.0. The number of hydrogen-bond donors (Lipinski definition) is 1. The van der Waals surface area contributed by atoms with Crippen LogP contribution in [0.3, 0.4) is 0 Å². The number of aliphatic hydroxyl groups is 1. The molecule has 2 aliphatic heterocycles. The normalized spacial score (nSPS) is 18.6. The maximum atomic E-state index is 12.2. The molecule has 2 fully saturated rings. The van der Waals surface area contributed by atoms with Crippen LogP contribution in [0.15, 0.2) is 115 Å². The van der Waals surface area contributed by atoms with Crippen LogP contribution >= 0.6 is 11.6 Å². The van der Waals surface area contributed by atoms with Crippen LogP contribution in [0.5, 0.6) is 0 Å². The number of piperidine rings is 1. The highest BCUT2D eigenvalue weighted by molar-refractivity contribution is 6.30. The van der Waals surface area contributed by atoms with Crippen molar-refractivity contribution in [1.29, 1.82) is 0 Å². The molecule has 2 saturated heterocycles. The summed E-state index contributed by atoms with van der Waals surface area (Å²) < 4.78 is 0. The first kappa shape index (κ1) is 29.1. The zero-order valence-electron chi connectivity index (χ0n) is 24.4. The largest absolute Gasteiger partial charge is 0.380 e. The molecule has 0 spiro atoms. The molecule has 0 radical (unpaired) electrons. The van der Waals surface area contributed by atoms with Crippen molar-refractivity contribution in [3.63, 3.8) is 0 Å². The maximum Gasteiger partial charge on any atom is 0.117 e. The first-order valence-corrected chi connectivity index (χ1v) is 15.8. The predicted molar refractivity (Wildman–Crippen MR) is 173 cm³/mol. The van der Waals surface area contributed by atoms with Crippen LogP contribution < -0.4 is 0 Å². The standard InChI is InChI=1S/C37H42ClN3O/c38-35-18-16-31(17-19-35)36(30-10-4-1-5-11-30)41-28-26-40(27-29-41)25-24-39-22-20-34(21-23-39)37(42,32-12-6-2-7-13-32)33-14-8-3-9-15-33/h1-19,34,36,42H,20-29H2. The van der Waals surface area contributed by atoms with Gasteiger partial charge in [-0.15, -0.1) is 0 Å². The molecule has 42 heavy (non-hydrogen) atoms. The Morgan fingerprint density at radius 3 is 1.57 bits per heavy atom. The summed E-state index contributed by atoms with van der Waals surface area (Å²) in [5.41, 5.74) is 3.68. The van der Waals surface area contributed by atoms with Crippen molar-refractivity contribution in [2.45, 2.75) is 24.5 Å². The smallest absolute Gasteiger partial charge is 0.117 e. The number of piperazine rings is 1. The molecule has 6 rings (SSSR count). The highest BCUT2D eigenvalue weighted by Crippen LogP contribution is 2.42. The Kier molecular flexibility index (Phi) is 9.38. The number of nitrogens with zero attached hydrogens (tertiary/aromatic N) is 3. The van der Waals surface area contributed by atoms with E-state index >= 15 is 0 Å². The monoisotopic (exact) mass is 579 g/mol. The predicted octanol–water partition coefficient (Wildman–Crippen LogP) is 6.70. The first-order chi connectivity index (χ1) is 20.6. The minimum absolute atomic E-state index is 0.199. The lowest BCUT2D eigenvalue weighted by atomic mass is 9.72. The minimum atomic E-state index is -0.954. The second-order valence-corrected chi connectivity index (χ2v) is 12.3. The molecular formula is C37H42ClN3O. The molecule has 0 amide bonds. The molecular weight excluding hydrogens is 538 g/mol. The molecule has 0 saturated carbocycles. The van der Waals surface area contributed by atoms with Gasteiger partial charge >= 0.3 is 0 Å². The number of benzene rings is 4. The Labute approximate surface area is 256 Å². The zero-order chi connectivity index (χ0) is 28.8. The molecule has 2 heterocycles. The fourth-order valence-electron chi connectivity index (χ4n) is 7.02. The number of hydrogen-bond acceptors (Lipinski definition) is 4. The first-order valence-electron chi connectivity index (χ1n) is 15.4. The van der Waals surface area contributed by atoms with Crippen molar-refractivity contribution < 1.29 is 5.11 Å². The van der Waals surface area contributed by atoms with Gasteiger partial charge in [-0.3, -0.25) is 9.80 Å². The lowest BCUT2D eigenvalue weighted by molar-refractivity contribution is -0.0157. The van der Waals surface area contributed by atoms with Crippen molar-refractivity contribution in [2.75, 3.05) is 52.4 Å². The molecule has 2 aliphatic rings. The van der Waals surface area contributed by atoms with E-state index in [1.165, 1.54) is 11.1 Å². The highest BCUT2D eigenvalue weighted by atomic mass is 35.5. The van der Waals surface area contributed by atoms with Gasteiger partial charge in [-0.2, -0.15) is 0 Å². The lowest BCUT2D eigenvalue weighted by Gasteiger charge is -2.43. The Morgan fingerprint density at radius 2 is 1.05 bits per heavy atom. The molecule has 0 aromatic heterocycles. The molecule has 4 aromatic carbocycles. The summed E-state index contributed by atoms with van der Waals surface area (Å²) in [5.74, 6) is 0.199. The Morgan fingerprint density at radius 1 is 0.595 bits per heavy atom. The summed E-state index contributed by atoms with van der Waals surface area (Å²) >= 11 is 6.22. The molecule has 5 heteroatoms. The van der Waals surface area contributed by atoms with Crippen molar-refractivity contribution in [1.82, 2.24) is 14.7 Å². The van der Waals surface area contributed by atoms with Crippen molar-refractivity contribution in [2.24, 2.45) is 5.92 Å². The zero-order valence-corrected chi connectivity index (χ0v) is 25.1. The van der Waals surface area contributed by atoms with Crippen LogP contribution in [0, 0.1) is 5.92 Å². The van der Waals surface area contributed by atoms with Crippen LogP contribution in [0.25, 0.3) is 0 Å². The summed E-state index contributed by atoms with van der Waals surface area (Å²) in [7, 11) is 0. The third kappa shape index (κ3) is 6.49. The van der Waals surface area contributed by atoms with E-state index in [2.05, 4.69) is 81.4 Å². The van der Waals surface area contributed by atoms with Crippen LogP contribution in [0.1, 0.15) is 41.1 Å². The third-order valence-electron chi connectivity index (χ3n) is 9.41. The molecule has 4 aromatic rings. The Balaban J connectivity index is 1.04. The van der Waals surface area contributed by atoms with E-state index in [9.17, 15) is 5.11 Å². The van der Waals surface area contributed by atoms with E-state index in [0.29, 0.717) is 0 Å². The van der Waals surface area contributed by atoms with Crippen molar-refractivity contribution in [3.8, 4) is 0 Å². The lowest BCUT2D eigenvalue weighted by Crippen LogP contribution is -2.50.